The zero-order valence-electron chi connectivity index (χ0n) is 11.3. The SMILES string of the molecule is CCC(N)(CC)CNS(=O)(=O)c1cc(F)cc(Cl)c1.Cl. The van der Waals surface area contributed by atoms with E-state index in [4.69, 9.17) is 17.3 Å². The van der Waals surface area contributed by atoms with E-state index in [1.807, 2.05) is 13.8 Å². The lowest BCUT2D eigenvalue weighted by Gasteiger charge is -2.26. The number of nitrogens with one attached hydrogen (secondary N) is 1. The van der Waals surface area contributed by atoms with E-state index in [-0.39, 0.29) is 28.9 Å². The minimum absolute atomic E-state index is 0. The largest absolute Gasteiger partial charge is 0.324 e. The molecule has 0 atom stereocenters. The third-order valence-corrected chi connectivity index (χ3v) is 4.77. The Balaban J connectivity index is 0.00000361. The molecule has 3 N–H and O–H groups in total. The summed E-state index contributed by atoms with van der Waals surface area (Å²) in [4.78, 5) is -0.202. The van der Waals surface area contributed by atoms with Gasteiger partial charge < -0.3 is 5.73 Å². The van der Waals surface area contributed by atoms with Crippen LogP contribution in [0.25, 0.3) is 0 Å². The molecule has 116 valence electrons. The molecule has 0 spiro atoms. The first-order valence-electron chi connectivity index (χ1n) is 5.97. The molecular weight excluding hydrogens is 326 g/mol. The Morgan fingerprint density at radius 3 is 2.30 bits per heavy atom. The van der Waals surface area contributed by atoms with E-state index >= 15 is 0 Å². The summed E-state index contributed by atoms with van der Waals surface area (Å²) in [5, 5.41) is 0.0327. The molecule has 0 saturated heterocycles. The van der Waals surface area contributed by atoms with Gasteiger partial charge in [0.2, 0.25) is 10.0 Å². The Hall–Kier alpha value is -0.400. The zero-order valence-corrected chi connectivity index (χ0v) is 13.7. The topological polar surface area (TPSA) is 72.2 Å². The average molecular weight is 345 g/mol. The Kier molecular flexibility index (Phi) is 7.41. The quantitative estimate of drug-likeness (QED) is 0.833. The highest BCUT2D eigenvalue weighted by molar-refractivity contribution is 7.89. The second kappa shape index (κ2) is 7.56. The highest BCUT2D eigenvalue weighted by atomic mass is 35.5. The van der Waals surface area contributed by atoms with Gasteiger partial charge in [-0.15, -0.1) is 12.4 Å². The number of halogens is 3. The van der Waals surface area contributed by atoms with Crippen molar-refractivity contribution in [2.45, 2.75) is 37.1 Å². The maximum absolute atomic E-state index is 13.2. The number of sulfonamides is 1. The molecule has 1 rings (SSSR count). The number of nitrogens with two attached hydrogens (primary N) is 1. The Labute approximate surface area is 130 Å². The summed E-state index contributed by atoms with van der Waals surface area (Å²) in [6.07, 6.45) is 1.27. The Bertz CT molecular complexity index is 528. The Morgan fingerprint density at radius 2 is 1.85 bits per heavy atom. The van der Waals surface area contributed by atoms with Gasteiger partial charge in [-0.3, -0.25) is 0 Å². The van der Waals surface area contributed by atoms with Crippen LogP contribution in [0.3, 0.4) is 0 Å². The van der Waals surface area contributed by atoms with Crippen LogP contribution >= 0.6 is 24.0 Å². The lowest BCUT2D eigenvalue weighted by molar-refractivity contribution is 0.391. The first-order valence-corrected chi connectivity index (χ1v) is 7.83. The van der Waals surface area contributed by atoms with Crippen molar-refractivity contribution in [2.24, 2.45) is 5.73 Å². The van der Waals surface area contributed by atoms with Crippen molar-refractivity contribution in [2.75, 3.05) is 6.54 Å². The molecule has 1 aromatic rings. The first-order chi connectivity index (χ1) is 8.72. The van der Waals surface area contributed by atoms with Gasteiger partial charge in [0.1, 0.15) is 5.82 Å². The van der Waals surface area contributed by atoms with E-state index in [0.29, 0.717) is 12.8 Å². The highest BCUT2D eigenvalue weighted by Crippen LogP contribution is 2.19. The van der Waals surface area contributed by atoms with Crippen LogP contribution in [0.4, 0.5) is 4.39 Å². The standard InChI is InChI=1S/C12H18ClFN2O2S.ClH/c1-3-12(15,4-2)8-16-19(17,18)11-6-9(13)5-10(14)7-11;/h5-7,16H,3-4,8,15H2,1-2H3;1H. The summed E-state index contributed by atoms with van der Waals surface area (Å²) < 4.78 is 39.6. The predicted molar refractivity (Wildman–Crippen MR) is 81.3 cm³/mol. The molecule has 1 aromatic carbocycles. The van der Waals surface area contributed by atoms with Crippen molar-refractivity contribution in [1.29, 1.82) is 0 Å². The van der Waals surface area contributed by atoms with Gasteiger partial charge in [0.05, 0.1) is 4.90 Å². The van der Waals surface area contributed by atoms with Crippen LogP contribution in [-0.2, 0) is 10.0 Å². The molecule has 0 aliphatic carbocycles. The molecule has 0 aliphatic heterocycles. The van der Waals surface area contributed by atoms with Gasteiger partial charge in [0, 0.05) is 17.1 Å². The fraction of sp³-hybridized carbons (Fsp3) is 0.500. The molecule has 0 aliphatic rings. The number of benzene rings is 1. The van der Waals surface area contributed by atoms with Crippen molar-refractivity contribution in [3.05, 3.63) is 29.0 Å². The maximum Gasteiger partial charge on any atom is 0.240 e. The summed E-state index contributed by atoms with van der Waals surface area (Å²) in [6.45, 7) is 3.87. The third-order valence-electron chi connectivity index (χ3n) is 3.17. The minimum atomic E-state index is -3.81. The van der Waals surface area contributed by atoms with E-state index in [9.17, 15) is 12.8 Å². The normalized spacial score (nSPS) is 12.1. The Morgan fingerprint density at radius 1 is 1.30 bits per heavy atom. The van der Waals surface area contributed by atoms with Gasteiger partial charge in [-0.2, -0.15) is 0 Å². The molecule has 0 bridgehead atoms. The molecule has 0 unspecified atom stereocenters. The van der Waals surface area contributed by atoms with Crippen LogP contribution in [-0.4, -0.2) is 20.5 Å². The second-order valence-corrected chi connectivity index (χ2v) is 6.70. The van der Waals surface area contributed by atoms with E-state index < -0.39 is 21.4 Å². The maximum atomic E-state index is 13.2. The van der Waals surface area contributed by atoms with Gasteiger partial charge in [-0.05, 0) is 31.0 Å². The lowest BCUT2D eigenvalue weighted by Crippen LogP contribution is -2.49. The molecule has 4 nitrogen and oxygen atoms in total. The van der Waals surface area contributed by atoms with Gasteiger partial charge in [-0.25, -0.2) is 17.5 Å². The van der Waals surface area contributed by atoms with Crippen LogP contribution in [0.1, 0.15) is 26.7 Å². The van der Waals surface area contributed by atoms with Gasteiger partial charge in [0.15, 0.2) is 0 Å². The second-order valence-electron chi connectivity index (χ2n) is 4.50. The number of rotatable bonds is 6. The summed E-state index contributed by atoms with van der Waals surface area (Å²) >= 11 is 5.64. The summed E-state index contributed by atoms with van der Waals surface area (Å²) in [6, 6.07) is 3.17. The zero-order chi connectivity index (χ0) is 14.7. The van der Waals surface area contributed by atoms with Crippen molar-refractivity contribution in [3.8, 4) is 0 Å². The van der Waals surface area contributed by atoms with Gasteiger partial charge in [0.25, 0.3) is 0 Å². The molecule has 0 saturated carbocycles. The first kappa shape index (κ1) is 19.6. The summed E-state index contributed by atoms with van der Waals surface area (Å²) in [5.41, 5.74) is 5.41. The van der Waals surface area contributed by atoms with Crippen LogP contribution < -0.4 is 10.5 Å². The van der Waals surface area contributed by atoms with Crippen molar-refractivity contribution >= 4 is 34.0 Å². The van der Waals surface area contributed by atoms with Gasteiger partial charge >= 0.3 is 0 Å². The number of hydrogen-bond acceptors (Lipinski definition) is 3. The molecule has 0 fully saturated rings. The minimum Gasteiger partial charge on any atom is -0.324 e. The molecule has 8 heteroatoms. The van der Waals surface area contributed by atoms with E-state index in [1.54, 1.807) is 0 Å². The monoisotopic (exact) mass is 344 g/mol. The predicted octanol–water partition coefficient (Wildman–Crippen LogP) is 2.70. The van der Waals surface area contributed by atoms with Crippen LogP contribution in [0.15, 0.2) is 23.1 Å². The molecule has 0 heterocycles. The van der Waals surface area contributed by atoms with Crippen molar-refractivity contribution in [1.82, 2.24) is 4.72 Å². The lowest BCUT2D eigenvalue weighted by atomic mass is 9.95. The fourth-order valence-electron chi connectivity index (χ4n) is 1.51. The average Bonchev–Trinajstić information content (AvgIpc) is 2.35. The smallest absolute Gasteiger partial charge is 0.240 e. The van der Waals surface area contributed by atoms with E-state index in [1.165, 1.54) is 6.07 Å². The fourth-order valence-corrected chi connectivity index (χ4v) is 2.99. The molecule has 20 heavy (non-hydrogen) atoms. The molecule has 0 amide bonds. The number of hydrogen-bond donors (Lipinski definition) is 2. The third kappa shape index (κ3) is 5.18. The van der Waals surface area contributed by atoms with Crippen LogP contribution in [0.5, 0.6) is 0 Å². The van der Waals surface area contributed by atoms with Crippen molar-refractivity contribution < 1.29 is 12.8 Å². The van der Waals surface area contributed by atoms with Crippen LogP contribution in [0, 0.1) is 5.82 Å². The molecule has 0 aromatic heterocycles. The van der Waals surface area contributed by atoms with E-state index in [2.05, 4.69) is 4.72 Å². The van der Waals surface area contributed by atoms with Crippen molar-refractivity contribution in [3.63, 3.8) is 0 Å². The summed E-state index contributed by atoms with van der Waals surface area (Å²) in [5.74, 6) is -0.696. The highest BCUT2D eigenvalue weighted by Gasteiger charge is 2.24. The summed E-state index contributed by atoms with van der Waals surface area (Å²) in [7, 11) is -3.81. The molecule has 0 radical (unpaired) electrons. The molecular formula is C12H19Cl2FN2O2S. The van der Waals surface area contributed by atoms with Gasteiger partial charge in [-0.1, -0.05) is 25.4 Å². The van der Waals surface area contributed by atoms with E-state index in [0.717, 1.165) is 12.1 Å². The van der Waals surface area contributed by atoms with Crippen LogP contribution in [0.2, 0.25) is 5.02 Å².